The molecule has 0 amide bonds. The monoisotopic (exact) mass is 270 g/mol. The maximum Gasteiger partial charge on any atom is 0.111 e. The molecule has 1 aromatic heterocycles. The highest BCUT2D eigenvalue weighted by atomic mass is 16.3. The average molecular weight is 270 g/mol. The lowest BCUT2D eigenvalue weighted by molar-refractivity contribution is 0.467. The van der Waals surface area contributed by atoms with E-state index in [1.807, 2.05) is 6.07 Å². The minimum absolute atomic E-state index is 0.401. The molecule has 0 radical (unpaired) electrons. The first-order valence-corrected chi connectivity index (χ1v) is 7.83. The molecule has 1 aromatic carbocycles. The minimum atomic E-state index is 0.401. The van der Waals surface area contributed by atoms with E-state index in [1.54, 1.807) is 6.26 Å². The lowest BCUT2D eigenvalue weighted by Gasteiger charge is -2.15. The van der Waals surface area contributed by atoms with Crippen LogP contribution < -0.4 is 0 Å². The Kier molecular flexibility index (Phi) is 5.46. The summed E-state index contributed by atoms with van der Waals surface area (Å²) in [7, 11) is 0. The largest absolute Gasteiger partial charge is 0.469 e. The van der Waals surface area contributed by atoms with E-state index < -0.39 is 0 Å². The molecule has 0 fully saturated rings. The molecule has 0 bridgehead atoms. The minimum Gasteiger partial charge on any atom is -0.469 e. The molecule has 1 heteroatoms. The van der Waals surface area contributed by atoms with Gasteiger partial charge in [0, 0.05) is 5.92 Å². The summed E-state index contributed by atoms with van der Waals surface area (Å²) in [6, 6.07) is 13.2. The van der Waals surface area contributed by atoms with E-state index in [4.69, 9.17) is 4.42 Å². The van der Waals surface area contributed by atoms with Gasteiger partial charge in [-0.2, -0.15) is 0 Å². The second-order valence-electron chi connectivity index (χ2n) is 6.05. The van der Waals surface area contributed by atoms with Gasteiger partial charge in [0.25, 0.3) is 0 Å². The average Bonchev–Trinajstić information content (AvgIpc) is 2.94. The topological polar surface area (TPSA) is 13.1 Å². The third-order valence-corrected chi connectivity index (χ3v) is 3.76. The first kappa shape index (κ1) is 14.9. The number of benzene rings is 1. The highest BCUT2D eigenvalue weighted by Crippen LogP contribution is 2.30. The maximum absolute atomic E-state index is 5.64. The third-order valence-electron chi connectivity index (χ3n) is 3.76. The highest BCUT2D eigenvalue weighted by Gasteiger charge is 2.16. The number of unbranched alkanes of at least 4 members (excludes halogenated alkanes) is 1. The first-order chi connectivity index (χ1) is 9.70. The van der Waals surface area contributed by atoms with Gasteiger partial charge in [-0.1, -0.05) is 57.9 Å². The van der Waals surface area contributed by atoms with Crippen LogP contribution in [0.2, 0.25) is 0 Å². The Bertz CT molecular complexity index is 479. The van der Waals surface area contributed by atoms with Crippen LogP contribution in [0.15, 0.2) is 47.1 Å². The van der Waals surface area contributed by atoms with Gasteiger partial charge >= 0.3 is 0 Å². The van der Waals surface area contributed by atoms with Crippen LogP contribution in [0.1, 0.15) is 62.8 Å². The number of hydrogen-bond acceptors (Lipinski definition) is 1. The summed E-state index contributed by atoms with van der Waals surface area (Å²) < 4.78 is 5.64. The Morgan fingerprint density at radius 3 is 2.35 bits per heavy atom. The van der Waals surface area contributed by atoms with Crippen LogP contribution >= 0.6 is 0 Å². The quantitative estimate of drug-likeness (QED) is 0.619. The molecule has 108 valence electrons. The molecule has 0 aliphatic heterocycles. The van der Waals surface area contributed by atoms with E-state index in [1.165, 1.54) is 24.0 Å². The molecule has 0 saturated heterocycles. The van der Waals surface area contributed by atoms with E-state index in [-0.39, 0.29) is 0 Å². The van der Waals surface area contributed by atoms with Crippen LogP contribution in [-0.4, -0.2) is 0 Å². The summed E-state index contributed by atoms with van der Waals surface area (Å²) in [6.45, 7) is 6.77. The van der Waals surface area contributed by atoms with Crippen molar-refractivity contribution in [2.24, 2.45) is 5.92 Å². The van der Waals surface area contributed by atoms with Gasteiger partial charge in [-0.15, -0.1) is 0 Å². The Labute approximate surface area is 123 Å². The molecule has 0 saturated carbocycles. The Hall–Kier alpha value is -1.50. The zero-order valence-corrected chi connectivity index (χ0v) is 12.9. The predicted octanol–water partition coefficient (Wildman–Crippen LogP) is 5.80. The maximum atomic E-state index is 5.64. The van der Waals surface area contributed by atoms with E-state index >= 15 is 0 Å². The molecule has 0 aliphatic carbocycles. The van der Waals surface area contributed by atoms with E-state index in [0.29, 0.717) is 11.8 Å². The van der Waals surface area contributed by atoms with Crippen LogP contribution in [-0.2, 0) is 6.42 Å². The summed E-state index contributed by atoms with van der Waals surface area (Å²) in [5.74, 6) is 2.20. The molecule has 20 heavy (non-hydrogen) atoms. The van der Waals surface area contributed by atoms with Gasteiger partial charge < -0.3 is 4.42 Å². The van der Waals surface area contributed by atoms with Crippen molar-refractivity contribution in [3.8, 4) is 0 Å². The van der Waals surface area contributed by atoms with Crippen molar-refractivity contribution in [3.05, 3.63) is 59.5 Å². The van der Waals surface area contributed by atoms with Crippen molar-refractivity contribution < 1.29 is 4.42 Å². The fraction of sp³-hybridized carbons (Fsp3) is 0.474. The number of rotatable bonds is 7. The predicted molar refractivity (Wildman–Crippen MR) is 85.1 cm³/mol. The molecular formula is C19H26O. The summed E-state index contributed by atoms with van der Waals surface area (Å²) in [6.07, 6.45) is 6.55. The van der Waals surface area contributed by atoms with Gasteiger partial charge in [0.15, 0.2) is 0 Å². The lowest BCUT2D eigenvalue weighted by atomic mass is 9.90. The van der Waals surface area contributed by atoms with Crippen molar-refractivity contribution in [1.82, 2.24) is 0 Å². The summed E-state index contributed by atoms with van der Waals surface area (Å²) >= 11 is 0. The van der Waals surface area contributed by atoms with E-state index in [2.05, 4.69) is 51.1 Å². The fourth-order valence-electron chi connectivity index (χ4n) is 2.73. The molecular weight excluding hydrogens is 244 g/mol. The van der Waals surface area contributed by atoms with Gasteiger partial charge in [-0.25, -0.2) is 0 Å². The zero-order valence-electron chi connectivity index (χ0n) is 12.9. The van der Waals surface area contributed by atoms with Gasteiger partial charge in [-0.05, 0) is 42.0 Å². The van der Waals surface area contributed by atoms with Crippen molar-refractivity contribution >= 4 is 0 Å². The first-order valence-electron chi connectivity index (χ1n) is 7.83. The molecule has 0 aliphatic rings. The lowest BCUT2D eigenvalue weighted by Crippen LogP contribution is -2.01. The molecule has 1 nitrogen and oxygen atoms in total. The van der Waals surface area contributed by atoms with Crippen LogP contribution in [0.5, 0.6) is 0 Å². The Morgan fingerprint density at radius 1 is 1.05 bits per heavy atom. The molecule has 2 aromatic rings. The van der Waals surface area contributed by atoms with Crippen molar-refractivity contribution in [1.29, 1.82) is 0 Å². The molecule has 0 spiro atoms. The smallest absolute Gasteiger partial charge is 0.111 e. The molecule has 1 heterocycles. The Morgan fingerprint density at radius 2 is 1.80 bits per heavy atom. The number of furan rings is 1. The van der Waals surface area contributed by atoms with Crippen molar-refractivity contribution in [3.63, 3.8) is 0 Å². The van der Waals surface area contributed by atoms with Crippen LogP contribution in [0.25, 0.3) is 0 Å². The zero-order chi connectivity index (χ0) is 14.4. The second-order valence-corrected chi connectivity index (χ2v) is 6.05. The molecule has 2 rings (SSSR count). The van der Waals surface area contributed by atoms with Crippen LogP contribution in [0, 0.1) is 5.92 Å². The van der Waals surface area contributed by atoms with E-state index in [0.717, 1.165) is 18.6 Å². The van der Waals surface area contributed by atoms with Crippen LogP contribution in [0.4, 0.5) is 0 Å². The van der Waals surface area contributed by atoms with Crippen molar-refractivity contribution in [2.75, 3.05) is 0 Å². The number of hydrogen-bond donors (Lipinski definition) is 0. The third kappa shape index (κ3) is 4.00. The fourth-order valence-corrected chi connectivity index (χ4v) is 2.73. The summed E-state index contributed by atoms with van der Waals surface area (Å²) in [5.41, 5.74) is 2.80. The highest BCUT2D eigenvalue weighted by molar-refractivity contribution is 5.30. The van der Waals surface area contributed by atoms with Crippen molar-refractivity contribution in [2.45, 2.75) is 52.4 Å². The molecule has 1 atom stereocenters. The summed E-state index contributed by atoms with van der Waals surface area (Å²) in [5, 5.41) is 0. The Balaban J connectivity index is 2.16. The standard InChI is InChI=1S/C19H26O/c1-4-5-7-18(19-8-6-13-20-19)17-11-9-16(10-12-17)14-15(2)3/h6,8-13,15,18H,4-5,7,14H2,1-3H3. The van der Waals surface area contributed by atoms with Gasteiger partial charge in [0.1, 0.15) is 5.76 Å². The van der Waals surface area contributed by atoms with Gasteiger partial charge in [0.05, 0.1) is 6.26 Å². The molecule has 0 N–H and O–H groups in total. The molecule has 1 unspecified atom stereocenters. The normalized spacial score (nSPS) is 12.8. The SMILES string of the molecule is CCCCC(c1ccc(CC(C)C)cc1)c1ccco1. The van der Waals surface area contributed by atoms with E-state index in [9.17, 15) is 0 Å². The van der Waals surface area contributed by atoms with Crippen LogP contribution in [0.3, 0.4) is 0 Å². The van der Waals surface area contributed by atoms with Gasteiger partial charge in [0.2, 0.25) is 0 Å². The summed E-state index contributed by atoms with van der Waals surface area (Å²) in [4.78, 5) is 0. The van der Waals surface area contributed by atoms with Gasteiger partial charge in [-0.3, -0.25) is 0 Å². The second kappa shape index (κ2) is 7.33.